The third-order valence-electron chi connectivity index (χ3n) is 3.41. The summed E-state index contributed by atoms with van der Waals surface area (Å²) >= 11 is 0. The molecule has 1 saturated carbocycles. The van der Waals surface area contributed by atoms with E-state index < -0.39 is 0 Å². The van der Waals surface area contributed by atoms with E-state index in [9.17, 15) is 9.59 Å². The Kier molecular flexibility index (Phi) is 4.92. The van der Waals surface area contributed by atoms with Crippen molar-refractivity contribution < 1.29 is 14.1 Å². The van der Waals surface area contributed by atoms with Crippen molar-refractivity contribution in [1.29, 1.82) is 0 Å². The molecule has 0 aromatic carbocycles. The van der Waals surface area contributed by atoms with Crippen LogP contribution in [0.1, 0.15) is 25.7 Å². The lowest BCUT2D eigenvalue weighted by Crippen LogP contribution is -2.41. The van der Waals surface area contributed by atoms with E-state index >= 15 is 0 Å². The largest absolute Gasteiger partial charge is 0.363 e. The number of carbonyl (C=O) groups excluding carboxylic acids is 2. The second-order valence-corrected chi connectivity index (χ2v) is 4.92. The highest BCUT2D eigenvalue weighted by atomic mass is 16.5. The van der Waals surface area contributed by atoms with Crippen molar-refractivity contribution in [2.24, 2.45) is 5.92 Å². The van der Waals surface area contributed by atoms with Crippen LogP contribution in [0, 0.1) is 5.92 Å². The van der Waals surface area contributed by atoms with Crippen molar-refractivity contribution in [3.05, 3.63) is 25.0 Å². The minimum absolute atomic E-state index is 0.00815. The van der Waals surface area contributed by atoms with Crippen molar-refractivity contribution in [2.45, 2.75) is 25.7 Å². The summed E-state index contributed by atoms with van der Waals surface area (Å²) in [7, 11) is 0. The van der Waals surface area contributed by atoms with Crippen LogP contribution in [0.15, 0.2) is 29.5 Å². The summed E-state index contributed by atoms with van der Waals surface area (Å²) in [6.45, 7) is 4.02. The van der Waals surface area contributed by atoms with Crippen LogP contribution < -0.4 is 5.32 Å². The van der Waals surface area contributed by atoms with Gasteiger partial charge in [0.05, 0.1) is 0 Å². The number of rotatable bonds is 6. The van der Waals surface area contributed by atoms with Gasteiger partial charge in [0.1, 0.15) is 12.8 Å². The van der Waals surface area contributed by atoms with E-state index in [0.717, 1.165) is 25.7 Å². The summed E-state index contributed by atoms with van der Waals surface area (Å²) in [6, 6.07) is 1.55. The van der Waals surface area contributed by atoms with E-state index in [2.05, 4.69) is 21.6 Å². The topological polar surface area (TPSA) is 75.4 Å². The molecule has 1 aromatic rings. The monoisotopic (exact) mass is 277 g/mol. The van der Waals surface area contributed by atoms with Gasteiger partial charge in [0.25, 0.3) is 0 Å². The molecule has 0 radical (unpaired) electrons. The van der Waals surface area contributed by atoms with Crippen molar-refractivity contribution in [3.8, 4) is 0 Å². The van der Waals surface area contributed by atoms with E-state index in [-0.39, 0.29) is 24.3 Å². The fourth-order valence-electron chi connectivity index (χ4n) is 2.45. The van der Waals surface area contributed by atoms with Crippen LogP contribution >= 0.6 is 0 Å². The number of hydrogen-bond acceptors (Lipinski definition) is 4. The summed E-state index contributed by atoms with van der Waals surface area (Å²) in [6.07, 6.45) is 7.01. The fraction of sp³-hybridized carbons (Fsp3) is 0.500. The highest BCUT2D eigenvalue weighted by molar-refractivity contribution is 5.94. The molecule has 1 aromatic heterocycles. The molecule has 1 heterocycles. The number of hydrogen-bond donors (Lipinski definition) is 1. The van der Waals surface area contributed by atoms with Crippen molar-refractivity contribution in [2.75, 3.05) is 18.4 Å². The number of nitrogens with zero attached hydrogens (tertiary/aromatic N) is 2. The van der Waals surface area contributed by atoms with Crippen molar-refractivity contribution in [3.63, 3.8) is 0 Å². The predicted octanol–water partition coefficient (Wildman–Crippen LogP) is 1.82. The van der Waals surface area contributed by atoms with Gasteiger partial charge in [0, 0.05) is 18.5 Å². The Morgan fingerprint density at radius 2 is 2.25 bits per heavy atom. The zero-order valence-corrected chi connectivity index (χ0v) is 11.4. The standard InChI is InChI=1S/C14H19N3O3/c1-2-8-17(14(19)11-5-3-4-6-11)10-13(18)15-12-7-9-20-16-12/h2,7,9,11H,1,3-6,8,10H2,(H,15,16,18). The van der Waals surface area contributed by atoms with Gasteiger partial charge in [-0.1, -0.05) is 24.1 Å². The normalized spacial score (nSPS) is 15.0. The molecule has 0 saturated heterocycles. The van der Waals surface area contributed by atoms with Crippen LogP contribution in [0.2, 0.25) is 0 Å². The molecular formula is C14H19N3O3. The maximum absolute atomic E-state index is 12.3. The Balaban J connectivity index is 1.92. The summed E-state index contributed by atoms with van der Waals surface area (Å²) in [5.74, 6) is 0.154. The van der Waals surface area contributed by atoms with Crippen LogP contribution in [0.3, 0.4) is 0 Å². The molecular weight excluding hydrogens is 258 g/mol. The molecule has 20 heavy (non-hydrogen) atoms. The van der Waals surface area contributed by atoms with Crippen molar-refractivity contribution >= 4 is 17.6 Å². The number of nitrogens with one attached hydrogen (secondary N) is 1. The van der Waals surface area contributed by atoms with Gasteiger partial charge >= 0.3 is 0 Å². The van der Waals surface area contributed by atoms with Gasteiger partial charge in [0.2, 0.25) is 11.8 Å². The molecule has 1 aliphatic carbocycles. The molecule has 0 unspecified atom stereocenters. The van der Waals surface area contributed by atoms with E-state index in [1.165, 1.54) is 6.26 Å². The smallest absolute Gasteiger partial charge is 0.245 e. The van der Waals surface area contributed by atoms with Crippen LogP contribution in [-0.2, 0) is 9.59 Å². The minimum atomic E-state index is -0.285. The van der Waals surface area contributed by atoms with E-state index in [1.54, 1.807) is 17.0 Å². The summed E-state index contributed by atoms with van der Waals surface area (Å²) in [5.41, 5.74) is 0. The third kappa shape index (κ3) is 3.69. The molecule has 2 rings (SSSR count). The molecule has 0 spiro atoms. The Bertz CT molecular complexity index is 464. The number of anilines is 1. The zero-order valence-electron chi connectivity index (χ0n) is 11.4. The van der Waals surface area contributed by atoms with Gasteiger partial charge in [-0.2, -0.15) is 0 Å². The molecule has 2 amide bonds. The van der Waals surface area contributed by atoms with E-state index in [1.807, 2.05) is 0 Å². The molecule has 108 valence electrons. The fourth-order valence-corrected chi connectivity index (χ4v) is 2.45. The maximum atomic E-state index is 12.3. The third-order valence-corrected chi connectivity index (χ3v) is 3.41. The Morgan fingerprint density at radius 1 is 1.50 bits per heavy atom. The predicted molar refractivity (Wildman–Crippen MR) is 73.9 cm³/mol. The number of aromatic nitrogens is 1. The molecule has 0 atom stereocenters. The van der Waals surface area contributed by atoms with E-state index in [4.69, 9.17) is 0 Å². The summed E-state index contributed by atoms with van der Waals surface area (Å²) in [4.78, 5) is 25.8. The molecule has 1 N–H and O–H groups in total. The minimum Gasteiger partial charge on any atom is -0.363 e. The Labute approximate surface area is 117 Å². The molecule has 6 nitrogen and oxygen atoms in total. The van der Waals surface area contributed by atoms with Gasteiger partial charge in [-0.05, 0) is 12.8 Å². The average molecular weight is 277 g/mol. The molecule has 1 aliphatic rings. The summed E-state index contributed by atoms with van der Waals surface area (Å²) in [5, 5.41) is 6.19. The Hall–Kier alpha value is -2.11. The van der Waals surface area contributed by atoms with Crippen LogP contribution in [0.25, 0.3) is 0 Å². The second kappa shape index (κ2) is 6.88. The van der Waals surface area contributed by atoms with Crippen molar-refractivity contribution in [1.82, 2.24) is 10.1 Å². The van der Waals surface area contributed by atoms with Gasteiger partial charge in [-0.15, -0.1) is 6.58 Å². The average Bonchev–Trinajstić information content (AvgIpc) is 3.10. The first-order valence-corrected chi connectivity index (χ1v) is 6.80. The first-order valence-electron chi connectivity index (χ1n) is 6.80. The number of carbonyl (C=O) groups is 2. The van der Waals surface area contributed by atoms with Crippen LogP contribution in [0.5, 0.6) is 0 Å². The lowest BCUT2D eigenvalue weighted by molar-refractivity contribution is -0.137. The van der Waals surface area contributed by atoms with Gasteiger partial charge in [-0.25, -0.2) is 0 Å². The lowest BCUT2D eigenvalue weighted by Gasteiger charge is -2.23. The quantitative estimate of drug-likeness (QED) is 0.805. The van der Waals surface area contributed by atoms with Gasteiger partial charge in [0.15, 0.2) is 5.82 Å². The Morgan fingerprint density at radius 3 is 2.85 bits per heavy atom. The zero-order chi connectivity index (χ0) is 14.4. The second-order valence-electron chi connectivity index (χ2n) is 4.92. The van der Waals surface area contributed by atoms with Gasteiger partial charge < -0.3 is 14.7 Å². The van der Waals surface area contributed by atoms with Crippen LogP contribution in [0.4, 0.5) is 5.82 Å². The van der Waals surface area contributed by atoms with Gasteiger partial charge in [-0.3, -0.25) is 9.59 Å². The van der Waals surface area contributed by atoms with E-state index in [0.29, 0.717) is 12.4 Å². The summed E-state index contributed by atoms with van der Waals surface area (Å²) < 4.78 is 4.64. The molecule has 0 aliphatic heterocycles. The molecule has 1 fully saturated rings. The maximum Gasteiger partial charge on any atom is 0.245 e. The van der Waals surface area contributed by atoms with Crippen LogP contribution in [-0.4, -0.2) is 35.0 Å². The highest BCUT2D eigenvalue weighted by Gasteiger charge is 2.27. The lowest BCUT2D eigenvalue weighted by atomic mass is 10.1. The highest BCUT2D eigenvalue weighted by Crippen LogP contribution is 2.26. The molecule has 0 bridgehead atoms. The number of amides is 2. The first kappa shape index (κ1) is 14.3. The first-order chi connectivity index (χ1) is 9.70. The SMILES string of the molecule is C=CCN(CC(=O)Nc1ccon1)C(=O)C1CCCC1. The molecule has 6 heteroatoms.